The minimum absolute atomic E-state index is 0. The van der Waals surface area contributed by atoms with E-state index in [0.717, 1.165) is 18.4 Å². The number of hydrogen-bond acceptors (Lipinski definition) is 2. The van der Waals surface area contributed by atoms with E-state index >= 15 is 0 Å². The van der Waals surface area contributed by atoms with Crippen LogP contribution < -0.4 is 10.6 Å². The van der Waals surface area contributed by atoms with E-state index in [0.29, 0.717) is 12.1 Å². The number of nitrogens with zero attached hydrogens (tertiary/aromatic N) is 2. The minimum Gasteiger partial charge on any atom is -0.355 e. The largest absolute Gasteiger partial charge is 0.355 e. The lowest BCUT2D eigenvalue weighted by molar-refractivity contribution is 0.264. The lowest BCUT2D eigenvalue weighted by atomic mass is 10.1. The Kier molecular flexibility index (Phi) is 8.11. The van der Waals surface area contributed by atoms with Crippen LogP contribution in [0, 0.1) is 5.92 Å². The second kappa shape index (κ2) is 8.13. The van der Waals surface area contributed by atoms with Gasteiger partial charge in [-0.25, -0.2) is 0 Å². The molecule has 0 heterocycles. The van der Waals surface area contributed by atoms with Gasteiger partial charge in [0.25, 0.3) is 0 Å². The van der Waals surface area contributed by atoms with Crippen molar-refractivity contribution in [3.05, 3.63) is 0 Å². The number of hydrogen-bond donors (Lipinski definition) is 2. The normalized spacial score (nSPS) is 17.9. The summed E-state index contributed by atoms with van der Waals surface area (Å²) < 4.78 is 0. The molecule has 0 aromatic carbocycles. The summed E-state index contributed by atoms with van der Waals surface area (Å²) in [5.41, 5.74) is 0. The van der Waals surface area contributed by atoms with Crippen molar-refractivity contribution in [2.24, 2.45) is 10.9 Å². The van der Waals surface area contributed by atoms with Crippen LogP contribution in [0.5, 0.6) is 0 Å². The van der Waals surface area contributed by atoms with Gasteiger partial charge < -0.3 is 15.5 Å². The van der Waals surface area contributed by atoms with Crippen LogP contribution in [-0.4, -0.2) is 50.6 Å². The Morgan fingerprint density at radius 3 is 2.29 bits per heavy atom. The van der Waals surface area contributed by atoms with Crippen molar-refractivity contribution >= 4 is 29.9 Å². The molecule has 4 nitrogen and oxygen atoms in total. The van der Waals surface area contributed by atoms with Gasteiger partial charge in [0.2, 0.25) is 0 Å². The molecule has 1 atom stereocenters. The molecular formula is C12H27IN4. The Morgan fingerprint density at radius 1 is 1.35 bits per heavy atom. The van der Waals surface area contributed by atoms with Crippen LogP contribution in [0.4, 0.5) is 0 Å². The molecule has 1 rings (SSSR count). The van der Waals surface area contributed by atoms with Crippen molar-refractivity contribution in [2.75, 3.05) is 27.7 Å². The molecule has 1 saturated carbocycles. The Bertz CT molecular complexity index is 235. The summed E-state index contributed by atoms with van der Waals surface area (Å²) in [7, 11) is 6.13. The highest BCUT2D eigenvalue weighted by Gasteiger charge is 2.32. The molecule has 0 radical (unpaired) electrons. The standard InChI is InChI=1S/C12H26N4.HI/c1-9(2)15-12(13-3)14-8-11(16(4)5)10-6-7-10;/h9-11H,6-8H2,1-5H3,(H2,13,14,15);1H. The van der Waals surface area contributed by atoms with E-state index in [1.54, 1.807) is 0 Å². The summed E-state index contributed by atoms with van der Waals surface area (Å²) in [4.78, 5) is 6.53. The highest BCUT2D eigenvalue weighted by Crippen LogP contribution is 2.34. The topological polar surface area (TPSA) is 39.7 Å². The summed E-state index contributed by atoms with van der Waals surface area (Å²) in [6.07, 6.45) is 2.75. The predicted octanol–water partition coefficient (Wildman–Crippen LogP) is 1.52. The molecule has 0 aromatic heterocycles. The van der Waals surface area contributed by atoms with E-state index in [9.17, 15) is 0 Å². The van der Waals surface area contributed by atoms with Gasteiger partial charge in [-0.05, 0) is 46.7 Å². The first kappa shape index (κ1) is 17.0. The van der Waals surface area contributed by atoms with Crippen LogP contribution >= 0.6 is 24.0 Å². The maximum Gasteiger partial charge on any atom is 0.191 e. The molecule has 1 aliphatic carbocycles. The molecule has 5 heteroatoms. The quantitative estimate of drug-likeness (QED) is 0.447. The van der Waals surface area contributed by atoms with Gasteiger partial charge in [-0.15, -0.1) is 24.0 Å². The molecule has 2 N–H and O–H groups in total. The molecule has 0 aromatic rings. The molecule has 0 aliphatic heterocycles. The Morgan fingerprint density at radius 2 is 1.94 bits per heavy atom. The Balaban J connectivity index is 0.00000256. The van der Waals surface area contributed by atoms with Gasteiger partial charge in [0.15, 0.2) is 5.96 Å². The van der Waals surface area contributed by atoms with Gasteiger partial charge in [-0.3, -0.25) is 4.99 Å². The maximum atomic E-state index is 4.22. The fourth-order valence-corrected chi connectivity index (χ4v) is 1.92. The van der Waals surface area contributed by atoms with Gasteiger partial charge in [0, 0.05) is 25.7 Å². The fourth-order valence-electron chi connectivity index (χ4n) is 1.92. The Labute approximate surface area is 123 Å². The smallest absolute Gasteiger partial charge is 0.191 e. The van der Waals surface area contributed by atoms with Gasteiger partial charge in [-0.2, -0.15) is 0 Å². The molecule has 0 spiro atoms. The molecule has 17 heavy (non-hydrogen) atoms. The minimum atomic E-state index is 0. The van der Waals surface area contributed by atoms with Crippen molar-refractivity contribution in [3.63, 3.8) is 0 Å². The summed E-state index contributed by atoms with van der Waals surface area (Å²) in [5, 5.41) is 6.70. The average molecular weight is 354 g/mol. The zero-order chi connectivity index (χ0) is 12.1. The lowest BCUT2D eigenvalue weighted by Gasteiger charge is -2.25. The van der Waals surface area contributed by atoms with Crippen molar-refractivity contribution in [3.8, 4) is 0 Å². The number of halogens is 1. The first-order valence-corrected chi connectivity index (χ1v) is 6.18. The van der Waals surface area contributed by atoms with Gasteiger partial charge >= 0.3 is 0 Å². The van der Waals surface area contributed by atoms with E-state index in [4.69, 9.17) is 0 Å². The van der Waals surface area contributed by atoms with Crippen molar-refractivity contribution < 1.29 is 0 Å². The Hall–Kier alpha value is -0.0400. The third-order valence-electron chi connectivity index (χ3n) is 2.96. The summed E-state index contributed by atoms with van der Waals surface area (Å²) >= 11 is 0. The lowest BCUT2D eigenvalue weighted by Crippen LogP contribution is -2.47. The average Bonchev–Trinajstić information content (AvgIpc) is 2.99. The van der Waals surface area contributed by atoms with Crippen molar-refractivity contribution in [2.45, 2.75) is 38.8 Å². The van der Waals surface area contributed by atoms with E-state index in [1.807, 2.05) is 7.05 Å². The van der Waals surface area contributed by atoms with E-state index < -0.39 is 0 Å². The molecule has 1 unspecified atom stereocenters. The fraction of sp³-hybridized carbons (Fsp3) is 0.917. The molecule has 0 saturated heterocycles. The second-order valence-corrected chi connectivity index (χ2v) is 5.12. The molecule has 1 fully saturated rings. The monoisotopic (exact) mass is 354 g/mol. The molecular weight excluding hydrogens is 327 g/mol. The maximum absolute atomic E-state index is 4.22. The van der Waals surface area contributed by atoms with Gasteiger partial charge in [0.1, 0.15) is 0 Å². The molecule has 0 amide bonds. The van der Waals surface area contributed by atoms with E-state index in [1.165, 1.54) is 12.8 Å². The van der Waals surface area contributed by atoms with E-state index in [2.05, 4.69) is 48.5 Å². The SMILES string of the molecule is CN=C(NCC(C1CC1)N(C)C)NC(C)C.I. The third kappa shape index (κ3) is 6.45. The first-order valence-electron chi connectivity index (χ1n) is 6.18. The van der Waals surface area contributed by atoms with Crippen LogP contribution in [0.15, 0.2) is 4.99 Å². The number of nitrogens with one attached hydrogen (secondary N) is 2. The first-order chi connectivity index (χ1) is 7.54. The van der Waals surface area contributed by atoms with Crippen LogP contribution in [0.25, 0.3) is 0 Å². The number of rotatable bonds is 5. The zero-order valence-corrected chi connectivity index (χ0v) is 14.0. The summed E-state index contributed by atoms with van der Waals surface area (Å²) in [5.74, 6) is 1.78. The van der Waals surface area contributed by atoms with Crippen LogP contribution in [0.3, 0.4) is 0 Å². The van der Waals surface area contributed by atoms with Crippen LogP contribution in [-0.2, 0) is 0 Å². The number of guanidine groups is 1. The highest BCUT2D eigenvalue weighted by atomic mass is 127. The highest BCUT2D eigenvalue weighted by molar-refractivity contribution is 14.0. The van der Waals surface area contributed by atoms with Gasteiger partial charge in [-0.1, -0.05) is 0 Å². The second-order valence-electron chi connectivity index (χ2n) is 5.12. The third-order valence-corrected chi connectivity index (χ3v) is 2.96. The van der Waals surface area contributed by atoms with Crippen LogP contribution in [0.1, 0.15) is 26.7 Å². The van der Waals surface area contributed by atoms with Crippen LogP contribution in [0.2, 0.25) is 0 Å². The summed E-state index contributed by atoms with van der Waals surface area (Å²) in [6.45, 7) is 5.22. The van der Waals surface area contributed by atoms with Crippen molar-refractivity contribution in [1.29, 1.82) is 0 Å². The molecule has 102 valence electrons. The molecule has 0 bridgehead atoms. The predicted molar refractivity (Wildman–Crippen MR) is 85.2 cm³/mol. The van der Waals surface area contributed by atoms with Gasteiger partial charge in [0.05, 0.1) is 0 Å². The number of aliphatic imine (C=N–C) groups is 1. The number of likely N-dealkylation sites (N-methyl/N-ethyl adjacent to an activating group) is 1. The van der Waals surface area contributed by atoms with Crippen molar-refractivity contribution in [1.82, 2.24) is 15.5 Å². The van der Waals surface area contributed by atoms with E-state index in [-0.39, 0.29) is 24.0 Å². The zero-order valence-electron chi connectivity index (χ0n) is 11.7. The summed E-state index contributed by atoms with van der Waals surface area (Å²) in [6, 6.07) is 1.05. The molecule has 1 aliphatic rings.